The summed E-state index contributed by atoms with van der Waals surface area (Å²) in [6.07, 6.45) is 1.42. The summed E-state index contributed by atoms with van der Waals surface area (Å²) in [4.78, 5) is 11.9. The third-order valence-electron chi connectivity index (χ3n) is 6.52. The lowest BCUT2D eigenvalue weighted by molar-refractivity contribution is -0.116. The highest BCUT2D eigenvalue weighted by atomic mass is 32.2. The molecule has 7 nitrogen and oxygen atoms in total. The molecule has 3 aromatic rings. The Bertz CT molecular complexity index is 1360. The van der Waals surface area contributed by atoms with Gasteiger partial charge in [0.2, 0.25) is 15.9 Å². The summed E-state index contributed by atoms with van der Waals surface area (Å²) in [5, 5.41) is 2.82. The molecule has 1 amide bonds. The highest BCUT2D eigenvalue weighted by Gasteiger charge is 2.38. The highest BCUT2D eigenvalue weighted by Crippen LogP contribution is 2.43. The number of carbonyl (C=O) groups excluding carboxylic acids is 1. The maximum Gasteiger partial charge on any atom is 0.243 e. The maximum atomic E-state index is 14.0. The number of hydrogen-bond donors (Lipinski definition) is 1. The summed E-state index contributed by atoms with van der Waals surface area (Å²) in [5.41, 5.74) is 4.30. The van der Waals surface area contributed by atoms with Gasteiger partial charge in [-0.3, -0.25) is 4.79 Å². The van der Waals surface area contributed by atoms with Crippen LogP contribution in [0.1, 0.15) is 34.7 Å². The van der Waals surface area contributed by atoms with Crippen molar-refractivity contribution in [1.29, 1.82) is 0 Å². The molecular weight excluding hydrogens is 452 g/mol. The van der Waals surface area contributed by atoms with Gasteiger partial charge >= 0.3 is 0 Å². The van der Waals surface area contributed by atoms with Crippen molar-refractivity contribution < 1.29 is 22.7 Å². The number of hydrogen-bond acceptors (Lipinski definition) is 5. The van der Waals surface area contributed by atoms with E-state index < -0.39 is 16.1 Å². The Morgan fingerprint density at radius 1 is 0.882 bits per heavy atom. The number of carbonyl (C=O) groups is 1. The van der Waals surface area contributed by atoms with Crippen LogP contribution in [0.5, 0.6) is 11.5 Å². The quantitative estimate of drug-likeness (QED) is 0.601. The zero-order valence-corrected chi connectivity index (χ0v) is 19.9. The van der Waals surface area contributed by atoms with Gasteiger partial charge in [-0.05, 0) is 65.4 Å². The SMILES string of the molecule is COc1cc2c(cc1OC)C(c1ccccc1)N(S(=O)(=O)c1ccc3c(c1)CCC(=O)N3)CC2. The van der Waals surface area contributed by atoms with Crippen molar-refractivity contribution >= 4 is 21.6 Å². The molecule has 1 N–H and O–H groups in total. The number of nitrogens with zero attached hydrogens (tertiary/aromatic N) is 1. The van der Waals surface area contributed by atoms with Crippen LogP contribution in [0.2, 0.25) is 0 Å². The topological polar surface area (TPSA) is 84.9 Å². The number of amides is 1. The van der Waals surface area contributed by atoms with Gasteiger partial charge in [0.1, 0.15) is 0 Å². The Labute approximate surface area is 199 Å². The molecule has 0 fully saturated rings. The molecule has 176 valence electrons. The van der Waals surface area contributed by atoms with E-state index >= 15 is 0 Å². The summed E-state index contributed by atoms with van der Waals surface area (Å²) < 4.78 is 40.6. The summed E-state index contributed by atoms with van der Waals surface area (Å²) in [7, 11) is -0.667. The monoisotopic (exact) mass is 478 g/mol. The largest absolute Gasteiger partial charge is 0.493 e. The van der Waals surface area contributed by atoms with E-state index in [0.29, 0.717) is 43.0 Å². The van der Waals surface area contributed by atoms with Gasteiger partial charge in [-0.25, -0.2) is 8.42 Å². The first-order valence-corrected chi connectivity index (χ1v) is 12.6. The lowest BCUT2D eigenvalue weighted by Crippen LogP contribution is -2.40. The molecule has 2 aliphatic rings. The fraction of sp³-hybridized carbons (Fsp3) is 0.269. The first-order valence-electron chi connectivity index (χ1n) is 11.2. The van der Waals surface area contributed by atoms with E-state index in [1.807, 2.05) is 42.5 Å². The van der Waals surface area contributed by atoms with Crippen molar-refractivity contribution in [3.8, 4) is 11.5 Å². The van der Waals surface area contributed by atoms with Crippen LogP contribution in [0.15, 0.2) is 65.6 Å². The van der Waals surface area contributed by atoms with Gasteiger partial charge in [0, 0.05) is 18.7 Å². The number of aryl methyl sites for hydroxylation is 1. The van der Waals surface area contributed by atoms with Crippen LogP contribution in [-0.4, -0.2) is 39.4 Å². The van der Waals surface area contributed by atoms with Gasteiger partial charge in [-0.1, -0.05) is 30.3 Å². The van der Waals surface area contributed by atoms with E-state index in [1.54, 1.807) is 36.7 Å². The van der Waals surface area contributed by atoms with Crippen molar-refractivity contribution in [2.24, 2.45) is 0 Å². The Hall–Kier alpha value is -3.36. The minimum Gasteiger partial charge on any atom is -0.493 e. The fourth-order valence-corrected chi connectivity index (χ4v) is 6.46. The standard InChI is InChI=1S/C26H26N2O5S/c1-32-23-15-18-12-13-28(26(17-6-4-3-5-7-17)21(18)16-24(23)33-2)34(30,31)20-9-10-22-19(14-20)8-11-25(29)27-22/h3-7,9-10,14-16,26H,8,11-13H2,1-2H3,(H,27,29). The van der Waals surface area contributed by atoms with Gasteiger partial charge in [0.15, 0.2) is 11.5 Å². The molecule has 0 aromatic heterocycles. The van der Waals surface area contributed by atoms with Crippen molar-refractivity contribution in [2.45, 2.75) is 30.2 Å². The molecule has 5 rings (SSSR count). The fourth-order valence-electron chi connectivity index (χ4n) is 4.82. The van der Waals surface area contributed by atoms with Gasteiger partial charge in [0.25, 0.3) is 0 Å². The first-order chi connectivity index (χ1) is 16.4. The van der Waals surface area contributed by atoms with E-state index in [2.05, 4.69) is 5.32 Å². The molecule has 0 aliphatic carbocycles. The summed E-state index contributed by atoms with van der Waals surface area (Å²) in [6.45, 7) is 0.332. The molecule has 2 heterocycles. The minimum absolute atomic E-state index is 0.0516. The van der Waals surface area contributed by atoms with Crippen LogP contribution in [0, 0.1) is 0 Å². The number of methoxy groups -OCH3 is 2. The average molecular weight is 479 g/mol. The van der Waals surface area contributed by atoms with E-state index in [4.69, 9.17) is 9.47 Å². The second-order valence-corrected chi connectivity index (χ2v) is 10.3. The number of anilines is 1. The number of ether oxygens (including phenoxy) is 2. The van der Waals surface area contributed by atoms with Crippen LogP contribution < -0.4 is 14.8 Å². The van der Waals surface area contributed by atoms with Gasteiger partial charge < -0.3 is 14.8 Å². The van der Waals surface area contributed by atoms with E-state index in [0.717, 1.165) is 22.3 Å². The predicted octanol–water partition coefficient (Wildman–Crippen LogP) is 3.92. The Balaban J connectivity index is 1.63. The molecule has 8 heteroatoms. The number of fused-ring (bicyclic) bond motifs is 2. The van der Waals surface area contributed by atoms with Crippen molar-refractivity contribution in [3.63, 3.8) is 0 Å². The van der Waals surface area contributed by atoms with Crippen molar-refractivity contribution in [3.05, 3.63) is 82.9 Å². The summed E-state index contributed by atoms with van der Waals surface area (Å²) >= 11 is 0. The molecule has 34 heavy (non-hydrogen) atoms. The molecule has 2 aliphatic heterocycles. The van der Waals surface area contributed by atoms with Gasteiger partial charge in [-0.15, -0.1) is 0 Å². The third kappa shape index (κ3) is 3.82. The second-order valence-electron chi connectivity index (χ2n) is 8.45. The third-order valence-corrected chi connectivity index (χ3v) is 8.38. The average Bonchev–Trinajstić information content (AvgIpc) is 2.87. The van der Waals surface area contributed by atoms with Crippen LogP contribution in [0.3, 0.4) is 0 Å². The smallest absolute Gasteiger partial charge is 0.243 e. The van der Waals surface area contributed by atoms with Crippen LogP contribution >= 0.6 is 0 Å². The number of sulfonamides is 1. The maximum absolute atomic E-state index is 14.0. The highest BCUT2D eigenvalue weighted by molar-refractivity contribution is 7.89. The van der Waals surface area contributed by atoms with Crippen LogP contribution in [0.25, 0.3) is 0 Å². The van der Waals surface area contributed by atoms with E-state index in [-0.39, 0.29) is 10.8 Å². The Morgan fingerprint density at radius 2 is 1.62 bits per heavy atom. The Morgan fingerprint density at radius 3 is 2.35 bits per heavy atom. The Kier molecular flexibility index (Phi) is 5.79. The van der Waals surface area contributed by atoms with Crippen molar-refractivity contribution in [2.75, 3.05) is 26.1 Å². The molecule has 0 saturated heterocycles. The molecular formula is C26H26N2O5S. The summed E-state index contributed by atoms with van der Waals surface area (Å²) in [5.74, 6) is 1.14. The van der Waals surface area contributed by atoms with Gasteiger partial charge in [0.05, 0.1) is 25.2 Å². The van der Waals surface area contributed by atoms with E-state index in [9.17, 15) is 13.2 Å². The number of rotatable bonds is 5. The molecule has 0 saturated carbocycles. The van der Waals surface area contributed by atoms with Crippen molar-refractivity contribution in [1.82, 2.24) is 4.31 Å². The zero-order chi connectivity index (χ0) is 23.9. The molecule has 1 atom stereocenters. The van der Waals surface area contributed by atoms with Gasteiger partial charge in [-0.2, -0.15) is 4.31 Å². The molecule has 0 radical (unpaired) electrons. The number of benzene rings is 3. The number of nitrogens with one attached hydrogen (secondary N) is 1. The minimum atomic E-state index is -3.84. The molecule has 1 unspecified atom stereocenters. The lowest BCUT2D eigenvalue weighted by atomic mass is 9.89. The normalized spacial score (nSPS) is 17.9. The molecule has 0 spiro atoms. The second kappa shape index (κ2) is 8.77. The molecule has 3 aromatic carbocycles. The predicted molar refractivity (Wildman–Crippen MR) is 129 cm³/mol. The van der Waals surface area contributed by atoms with Crippen LogP contribution in [0.4, 0.5) is 5.69 Å². The first kappa shape index (κ1) is 22.4. The zero-order valence-electron chi connectivity index (χ0n) is 19.1. The summed E-state index contributed by atoms with van der Waals surface area (Å²) in [6, 6.07) is 17.9. The molecule has 0 bridgehead atoms. The van der Waals surface area contributed by atoms with E-state index in [1.165, 1.54) is 0 Å². The van der Waals surface area contributed by atoms with Crippen LogP contribution in [-0.2, 0) is 27.7 Å². The lowest BCUT2D eigenvalue weighted by Gasteiger charge is -2.37.